The quantitative estimate of drug-likeness (QED) is 0.689. The van der Waals surface area contributed by atoms with Gasteiger partial charge in [0.2, 0.25) is 5.91 Å². The molecule has 22 heavy (non-hydrogen) atoms. The first kappa shape index (κ1) is 16.0. The highest BCUT2D eigenvalue weighted by molar-refractivity contribution is 5.78. The number of carbonyl (C=O) groups excluding carboxylic acids is 1. The van der Waals surface area contributed by atoms with Gasteiger partial charge in [0.1, 0.15) is 0 Å². The number of nitrogens with zero attached hydrogens (tertiary/aromatic N) is 1. The van der Waals surface area contributed by atoms with E-state index < -0.39 is 11.2 Å². The maximum atomic E-state index is 11.9. The lowest BCUT2D eigenvalue weighted by Crippen LogP contribution is -2.38. The molecule has 1 atom stereocenters. The van der Waals surface area contributed by atoms with Gasteiger partial charge in [0, 0.05) is 25.6 Å². The highest BCUT2D eigenvalue weighted by Gasteiger charge is 2.09. The van der Waals surface area contributed by atoms with Gasteiger partial charge in [-0.15, -0.1) is 0 Å². The van der Waals surface area contributed by atoms with Crippen molar-refractivity contribution in [3.8, 4) is 0 Å². The fraction of sp³-hybridized carbons (Fsp3) is 0.400. The molecule has 2 rings (SSSR count). The van der Waals surface area contributed by atoms with Gasteiger partial charge in [-0.1, -0.05) is 12.1 Å². The van der Waals surface area contributed by atoms with E-state index in [0.29, 0.717) is 17.4 Å². The largest absolute Gasteiger partial charge is 0.354 e. The fourth-order valence-corrected chi connectivity index (χ4v) is 2.14. The number of para-hydroxylation sites is 1. The molecule has 7 nitrogen and oxygen atoms in total. The average molecular weight is 304 g/mol. The van der Waals surface area contributed by atoms with Crippen molar-refractivity contribution in [3.63, 3.8) is 0 Å². The molecule has 0 saturated heterocycles. The van der Waals surface area contributed by atoms with Crippen LogP contribution in [0.25, 0.3) is 10.9 Å². The lowest BCUT2D eigenvalue weighted by Gasteiger charge is -2.12. The molecule has 0 aliphatic rings. The molecule has 1 aromatic heterocycles. The Labute approximate surface area is 127 Å². The number of fused-ring (bicyclic) bond motifs is 1. The molecule has 7 heteroatoms. The van der Waals surface area contributed by atoms with Crippen LogP contribution in [-0.2, 0) is 11.3 Å². The van der Waals surface area contributed by atoms with E-state index in [2.05, 4.69) is 15.6 Å². The topological polar surface area (TPSA) is 96.0 Å². The summed E-state index contributed by atoms with van der Waals surface area (Å²) in [5, 5.41) is 6.25. The number of likely N-dealkylation sites (N-methyl/N-ethyl adjacent to an activating group) is 1. The monoisotopic (exact) mass is 304 g/mol. The summed E-state index contributed by atoms with van der Waals surface area (Å²) < 4.78 is 1.41. The summed E-state index contributed by atoms with van der Waals surface area (Å²) in [6.07, 6.45) is 0.173. The van der Waals surface area contributed by atoms with Crippen molar-refractivity contribution in [2.75, 3.05) is 13.6 Å². The highest BCUT2D eigenvalue weighted by Crippen LogP contribution is 2.06. The third-order valence-electron chi connectivity index (χ3n) is 3.57. The van der Waals surface area contributed by atoms with E-state index in [1.807, 2.05) is 14.0 Å². The van der Waals surface area contributed by atoms with Crippen LogP contribution in [0.4, 0.5) is 0 Å². The lowest BCUT2D eigenvalue weighted by atomic mass is 10.2. The van der Waals surface area contributed by atoms with Gasteiger partial charge >= 0.3 is 5.69 Å². The number of nitrogens with one attached hydrogen (secondary N) is 3. The second kappa shape index (κ2) is 7.04. The van der Waals surface area contributed by atoms with Crippen LogP contribution in [0.2, 0.25) is 0 Å². The summed E-state index contributed by atoms with van der Waals surface area (Å²) in [5.74, 6) is -0.135. The number of carbonyl (C=O) groups is 1. The molecule has 0 aliphatic heterocycles. The Morgan fingerprint density at radius 1 is 1.32 bits per heavy atom. The number of amides is 1. The van der Waals surface area contributed by atoms with E-state index in [9.17, 15) is 14.4 Å². The summed E-state index contributed by atoms with van der Waals surface area (Å²) in [6, 6.07) is 7.02. The second-order valence-electron chi connectivity index (χ2n) is 5.17. The molecule has 0 fully saturated rings. The minimum Gasteiger partial charge on any atom is -0.354 e. The second-order valence-corrected chi connectivity index (χ2v) is 5.17. The summed E-state index contributed by atoms with van der Waals surface area (Å²) in [4.78, 5) is 37.8. The molecule has 1 heterocycles. The molecule has 1 aromatic carbocycles. The van der Waals surface area contributed by atoms with Crippen molar-refractivity contribution in [1.82, 2.24) is 20.2 Å². The first-order valence-electron chi connectivity index (χ1n) is 7.18. The van der Waals surface area contributed by atoms with Gasteiger partial charge in [0.15, 0.2) is 0 Å². The van der Waals surface area contributed by atoms with Gasteiger partial charge in [0.25, 0.3) is 5.56 Å². The molecule has 1 amide bonds. The molecule has 0 bridgehead atoms. The van der Waals surface area contributed by atoms with Crippen LogP contribution in [0.3, 0.4) is 0 Å². The Hall–Kier alpha value is -2.41. The normalized spacial score (nSPS) is 12.3. The smallest absolute Gasteiger partial charge is 0.328 e. The van der Waals surface area contributed by atoms with Gasteiger partial charge in [-0.25, -0.2) is 4.79 Å². The number of rotatable bonds is 6. The Balaban J connectivity index is 2.14. The predicted molar refractivity (Wildman–Crippen MR) is 85.0 cm³/mol. The molecule has 118 valence electrons. The average Bonchev–Trinajstić information content (AvgIpc) is 2.52. The van der Waals surface area contributed by atoms with Crippen LogP contribution in [0.5, 0.6) is 0 Å². The number of H-pyrrole nitrogens is 1. The highest BCUT2D eigenvalue weighted by atomic mass is 16.2. The van der Waals surface area contributed by atoms with Crippen molar-refractivity contribution in [1.29, 1.82) is 0 Å². The van der Waals surface area contributed by atoms with E-state index >= 15 is 0 Å². The number of aryl methyl sites for hydroxylation is 1. The van der Waals surface area contributed by atoms with Crippen LogP contribution in [0.1, 0.15) is 13.3 Å². The van der Waals surface area contributed by atoms with Crippen LogP contribution in [0.15, 0.2) is 33.9 Å². The molecule has 2 aromatic rings. The van der Waals surface area contributed by atoms with E-state index in [-0.39, 0.29) is 24.9 Å². The number of aromatic amines is 1. The standard InChI is InChI=1S/C15H20N4O3/c1-10(16-2)9-17-13(20)7-8-19-12-6-4-3-5-11(12)14(21)18-15(19)22/h3-6,10,16H,7-9H2,1-2H3,(H,17,20)(H,18,21,22). The van der Waals surface area contributed by atoms with Crippen molar-refractivity contribution in [2.45, 2.75) is 25.9 Å². The molecular formula is C15H20N4O3. The van der Waals surface area contributed by atoms with E-state index in [1.54, 1.807) is 24.3 Å². The Kier molecular flexibility index (Phi) is 5.11. The van der Waals surface area contributed by atoms with E-state index in [1.165, 1.54) is 4.57 Å². The summed E-state index contributed by atoms with van der Waals surface area (Å²) in [7, 11) is 1.82. The molecule has 0 saturated carbocycles. The van der Waals surface area contributed by atoms with Crippen LogP contribution < -0.4 is 21.9 Å². The molecule has 1 unspecified atom stereocenters. The number of aromatic nitrogens is 2. The molecular weight excluding hydrogens is 284 g/mol. The zero-order valence-electron chi connectivity index (χ0n) is 12.7. The first-order chi connectivity index (χ1) is 10.5. The number of hydrogen-bond acceptors (Lipinski definition) is 4. The van der Waals surface area contributed by atoms with E-state index in [0.717, 1.165) is 0 Å². The zero-order chi connectivity index (χ0) is 16.1. The van der Waals surface area contributed by atoms with Gasteiger partial charge in [-0.05, 0) is 26.1 Å². The third-order valence-corrected chi connectivity index (χ3v) is 3.57. The number of benzene rings is 1. The first-order valence-corrected chi connectivity index (χ1v) is 7.18. The van der Waals surface area contributed by atoms with Gasteiger partial charge < -0.3 is 10.6 Å². The van der Waals surface area contributed by atoms with Crippen molar-refractivity contribution >= 4 is 16.8 Å². The molecule has 0 spiro atoms. The van der Waals surface area contributed by atoms with Crippen LogP contribution in [0, 0.1) is 0 Å². The van der Waals surface area contributed by atoms with E-state index in [4.69, 9.17) is 0 Å². The van der Waals surface area contributed by atoms with Crippen molar-refractivity contribution in [3.05, 3.63) is 45.1 Å². The van der Waals surface area contributed by atoms with Crippen LogP contribution >= 0.6 is 0 Å². The SMILES string of the molecule is CNC(C)CNC(=O)CCn1c(=O)[nH]c(=O)c2ccccc21. The maximum Gasteiger partial charge on any atom is 0.328 e. The minimum atomic E-state index is -0.500. The van der Waals surface area contributed by atoms with Gasteiger partial charge in [-0.3, -0.25) is 19.1 Å². The predicted octanol–water partition coefficient (Wildman–Crippen LogP) is -0.196. The van der Waals surface area contributed by atoms with Gasteiger partial charge in [0.05, 0.1) is 10.9 Å². The van der Waals surface area contributed by atoms with Gasteiger partial charge in [-0.2, -0.15) is 0 Å². The zero-order valence-corrected chi connectivity index (χ0v) is 12.7. The molecule has 3 N–H and O–H groups in total. The maximum absolute atomic E-state index is 11.9. The summed E-state index contributed by atoms with van der Waals surface area (Å²) >= 11 is 0. The van der Waals surface area contributed by atoms with Crippen LogP contribution in [-0.4, -0.2) is 35.1 Å². The summed E-state index contributed by atoms with van der Waals surface area (Å²) in [6.45, 7) is 2.70. The minimum absolute atomic E-state index is 0.135. The number of hydrogen-bond donors (Lipinski definition) is 3. The fourth-order valence-electron chi connectivity index (χ4n) is 2.14. The Morgan fingerprint density at radius 3 is 2.77 bits per heavy atom. The van der Waals surface area contributed by atoms with Crippen molar-refractivity contribution < 1.29 is 4.79 Å². The summed E-state index contributed by atoms with van der Waals surface area (Å²) in [5.41, 5.74) is -0.378. The Morgan fingerprint density at radius 2 is 2.05 bits per heavy atom. The third kappa shape index (κ3) is 3.62. The molecule has 0 aliphatic carbocycles. The van der Waals surface area contributed by atoms with Crippen molar-refractivity contribution in [2.24, 2.45) is 0 Å². The lowest BCUT2D eigenvalue weighted by molar-refractivity contribution is -0.121. The Bertz CT molecular complexity index is 778. The molecule has 0 radical (unpaired) electrons.